The molecule has 18 heavy (non-hydrogen) atoms. The Balaban J connectivity index is 2.12. The first-order valence-corrected chi connectivity index (χ1v) is 6.41. The third-order valence-corrected chi connectivity index (χ3v) is 3.96. The number of anilines is 1. The summed E-state index contributed by atoms with van der Waals surface area (Å²) in [5.41, 5.74) is 3.29. The average Bonchev–Trinajstić information content (AvgIpc) is 2.39. The molecule has 2 N–H and O–H groups in total. The molecule has 2 heterocycles. The van der Waals surface area contributed by atoms with E-state index in [9.17, 15) is 4.79 Å². The number of piperidine rings is 1. The van der Waals surface area contributed by atoms with Crippen molar-refractivity contribution in [3.8, 4) is 5.75 Å². The second kappa shape index (κ2) is 4.28. The maximum absolute atomic E-state index is 12.1. The van der Waals surface area contributed by atoms with Crippen molar-refractivity contribution < 1.29 is 9.53 Å². The van der Waals surface area contributed by atoms with Crippen LogP contribution in [0.5, 0.6) is 5.75 Å². The quantitative estimate of drug-likeness (QED) is 0.792. The maximum atomic E-state index is 12.1. The van der Waals surface area contributed by atoms with Crippen molar-refractivity contribution in [2.75, 3.05) is 25.5 Å². The van der Waals surface area contributed by atoms with Gasteiger partial charge in [-0.15, -0.1) is 0 Å². The van der Waals surface area contributed by atoms with Crippen molar-refractivity contribution in [1.29, 1.82) is 0 Å². The van der Waals surface area contributed by atoms with E-state index in [0.717, 1.165) is 30.9 Å². The molecule has 0 spiro atoms. The summed E-state index contributed by atoms with van der Waals surface area (Å²) in [4.78, 5) is 12.1. The fourth-order valence-electron chi connectivity index (χ4n) is 3.09. The highest BCUT2D eigenvalue weighted by molar-refractivity contribution is 5.98. The van der Waals surface area contributed by atoms with Crippen LogP contribution in [0.1, 0.15) is 23.5 Å². The zero-order valence-electron chi connectivity index (χ0n) is 10.7. The smallest absolute Gasteiger partial charge is 0.229 e. The molecule has 2 aliphatic rings. The number of hydrogen-bond donors (Lipinski definition) is 2. The molecule has 1 aromatic carbocycles. The summed E-state index contributed by atoms with van der Waals surface area (Å²) in [6.07, 6.45) is 1.01. The first-order valence-electron chi connectivity index (χ1n) is 6.41. The molecule has 96 valence electrons. The van der Waals surface area contributed by atoms with Gasteiger partial charge in [-0.25, -0.2) is 0 Å². The summed E-state index contributed by atoms with van der Waals surface area (Å²) in [5, 5.41) is 6.30. The van der Waals surface area contributed by atoms with Gasteiger partial charge in [0.1, 0.15) is 5.75 Å². The number of ether oxygens (including phenoxy) is 1. The van der Waals surface area contributed by atoms with Crippen LogP contribution in [-0.4, -0.2) is 26.1 Å². The van der Waals surface area contributed by atoms with Gasteiger partial charge < -0.3 is 15.4 Å². The zero-order valence-corrected chi connectivity index (χ0v) is 10.7. The average molecular weight is 246 g/mol. The summed E-state index contributed by atoms with van der Waals surface area (Å²) < 4.78 is 5.39. The van der Waals surface area contributed by atoms with Gasteiger partial charge in [-0.2, -0.15) is 0 Å². The van der Waals surface area contributed by atoms with Gasteiger partial charge in [-0.05, 0) is 37.1 Å². The Bertz CT molecular complexity index is 499. The molecule has 0 aliphatic carbocycles. The van der Waals surface area contributed by atoms with Gasteiger partial charge in [0, 0.05) is 12.5 Å². The van der Waals surface area contributed by atoms with Crippen LogP contribution in [0.3, 0.4) is 0 Å². The number of aryl methyl sites for hydroxylation is 1. The number of fused-ring (bicyclic) bond motifs is 3. The summed E-state index contributed by atoms with van der Waals surface area (Å²) in [6.45, 7) is 3.81. The minimum absolute atomic E-state index is 0.0535. The third kappa shape index (κ3) is 1.68. The number of carbonyl (C=O) groups is 1. The van der Waals surface area contributed by atoms with Crippen LogP contribution < -0.4 is 15.4 Å². The molecule has 0 saturated carbocycles. The highest BCUT2D eigenvalue weighted by Crippen LogP contribution is 2.44. The molecule has 2 unspecified atom stereocenters. The monoisotopic (exact) mass is 246 g/mol. The lowest BCUT2D eigenvalue weighted by Crippen LogP contribution is -2.45. The molecule has 1 aromatic rings. The molecule has 0 aromatic heterocycles. The van der Waals surface area contributed by atoms with Crippen molar-refractivity contribution in [2.45, 2.75) is 19.3 Å². The highest BCUT2D eigenvalue weighted by Gasteiger charge is 2.38. The van der Waals surface area contributed by atoms with E-state index < -0.39 is 0 Å². The fraction of sp³-hybridized carbons (Fsp3) is 0.500. The molecule has 1 saturated heterocycles. The van der Waals surface area contributed by atoms with Crippen LogP contribution in [0.15, 0.2) is 12.1 Å². The van der Waals surface area contributed by atoms with E-state index in [0.29, 0.717) is 5.92 Å². The predicted molar refractivity (Wildman–Crippen MR) is 70.1 cm³/mol. The standard InChI is InChI=1S/C14H18N2O2/c1-8-5-10-9-3-4-15-7-11(9)14(17)16-13(10)12(6-8)18-2/h5-6,9,11,15H,3-4,7H2,1-2H3,(H,16,17). The van der Waals surface area contributed by atoms with Crippen LogP contribution in [0.25, 0.3) is 0 Å². The number of nitrogens with one attached hydrogen (secondary N) is 2. The second-order valence-corrected chi connectivity index (χ2v) is 5.13. The Morgan fingerprint density at radius 2 is 2.17 bits per heavy atom. The fourth-order valence-corrected chi connectivity index (χ4v) is 3.09. The number of hydrogen-bond acceptors (Lipinski definition) is 3. The summed E-state index contributed by atoms with van der Waals surface area (Å²) in [7, 11) is 1.65. The molecule has 2 aliphatic heterocycles. The van der Waals surface area contributed by atoms with Crippen LogP contribution in [-0.2, 0) is 4.79 Å². The van der Waals surface area contributed by atoms with Crippen LogP contribution in [0, 0.1) is 12.8 Å². The SMILES string of the molecule is COc1cc(C)cc2c1NC(=O)C1CNCCC21. The number of rotatable bonds is 1. The lowest BCUT2D eigenvalue weighted by atomic mass is 9.77. The molecule has 2 atom stereocenters. The van der Waals surface area contributed by atoms with E-state index in [-0.39, 0.29) is 11.8 Å². The first kappa shape index (κ1) is 11.5. The Labute approximate surface area is 107 Å². The number of benzene rings is 1. The number of methoxy groups -OCH3 is 1. The summed E-state index contributed by atoms with van der Waals surface area (Å²) in [5.74, 6) is 1.26. The third-order valence-electron chi connectivity index (χ3n) is 3.96. The highest BCUT2D eigenvalue weighted by atomic mass is 16.5. The number of amides is 1. The van der Waals surface area contributed by atoms with Crippen LogP contribution in [0.2, 0.25) is 0 Å². The summed E-state index contributed by atoms with van der Waals surface area (Å²) in [6, 6.07) is 4.15. The molecular formula is C14H18N2O2. The molecule has 4 heteroatoms. The van der Waals surface area contributed by atoms with Crippen molar-refractivity contribution in [2.24, 2.45) is 5.92 Å². The Hall–Kier alpha value is -1.55. The Kier molecular flexibility index (Phi) is 2.74. The molecule has 4 nitrogen and oxygen atoms in total. The van der Waals surface area contributed by atoms with Crippen molar-refractivity contribution in [3.05, 3.63) is 23.3 Å². The van der Waals surface area contributed by atoms with Gasteiger partial charge >= 0.3 is 0 Å². The largest absolute Gasteiger partial charge is 0.495 e. The van der Waals surface area contributed by atoms with Crippen LogP contribution >= 0.6 is 0 Å². The lowest BCUT2D eigenvalue weighted by Gasteiger charge is -2.37. The minimum Gasteiger partial charge on any atom is -0.495 e. The number of carbonyl (C=O) groups excluding carboxylic acids is 1. The Morgan fingerprint density at radius 1 is 1.33 bits per heavy atom. The van der Waals surface area contributed by atoms with E-state index in [4.69, 9.17) is 4.74 Å². The minimum atomic E-state index is 0.0535. The molecule has 1 amide bonds. The lowest BCUT2D eigenvalue weighted by molar-refractivity contribution is -0.121. The molecule has 0 bridgehead atoms. The summed E-state index contributed by atoms with van der Waals surface area (Å²) >= 11 is 0. The molecule has 0 radical (unpaired) electrons. The van der Waals surface area contributed by atoms with Crippen LogP contribution in [0.4, 0.5) is 5.69 Å². The predicted octanol–water partition coefficient (Wildman–Crippen LogP) is 1.65. The van der Waals surface area contributed by atoms with Crippen molar-refractivity contribution in [3.63, 3.8) is 0 Å². The normalized spacial score (nSPS) is 26.0. The second-order valence-electron chi connectivity index (χ2n) is 5.13. The van der Waals surface area contributed by atoms with Gasteiger partial charge in [-0.1, -0.05) is 6.07 Å². The molecule has 3 rings (SSSR count). The van der Waals surface area contributed by atoms with E-state index in [1.807, 2.05) is 6.07 Å². The zero-order chi connectivity index (χ0) is 12.7. The Morgan fingerprint density at radius 3 is 2.94 bits per heavy atom. The van der Waals surface area contributed by atoms with Gasteiger partial charge in [0.2, 0.25) is 5.91 Å². The van der Waals surface area contributed by atoms with E-state index in [1.165, 1.54) is 11.1 Å². The van der Waals surface area contributed by atoms with Crippen molar-refractivity contribution >= 4 is 11.6 Å². The van der Waals surface area contributed by atoms with Gasteiger partial charge in [-0.3, -0.25) is 4.79 Å². The van der Waals surface area contributed by atoms with Crippen molar-refractivity contribution in [1.82, 2.24) is 5.32 Å². The first-order chi connectivity index (χ1) is 8.70. The van der Waals surface area contributed by atoms with Gasteiger partial charge in [0.15, 0.2) is 0 Å². The van der Waals surface area contributed by atoms with E-state index in [2.05, 4.69) is 23.6 Å². The van der Waals surface area contributed by atoms with E-state index >= 15 is 0 Å². The van der Waals surface area contributed by atoms with Gasteiger partial charge in [0.25, 0.3) is 0 Å². The van der Waals surface area contributed by atoms with Gasteiger partial charge in [0.05, 0.1) is 18.7 Å². The maximum Gasteiger partial charge on any atom is 0.229 e. The topological polar surface area (TPSA) is 50.4 Å². The van der Waals surface area contributed by atoms with E-state index in [1.54, 1.807) is 7.11 Å². The molecular weight excluding hydrogens is 228 g/mol. The molecule has 1 fully saturated rings.